The summed E-state index contributed by atoms with van der Waals surface area (Å²) in [6, 6.07) is 5.72. The molecule has 0 saturated heterocycles. The molecule has 6 nitrogen and oxygen atoms in total. The lowest BCUT2D eigenvalue weighted by atomic mass is 10.0. The second kappa shape index (κ2) is 11.8. The molecule has 5 N–H and O–H groups in total. The minimum Gasteiger partial charge on any atom is -0.398 e. The van der Waals surface area contributed by atoms with Gasteiger partial charge in [-0.1, -0.05) is 42.3 Å². The van der Waals surface area contributed by atoms with Crippen LogP contribution in [0.5, 0.6) is 0 Å². The molecule has 0 aliphatic heterocycles. The molecular formula is C19H25Cl2N5OS. The van der Waals surface area contributed by atoms with Crippen LogP contribution in [-0.2, 0) is 4.79 Å². The molecule has 1 aromatic heterocycles. The van der Waals surface area contributed by atoms with Crippen LogP contribution < -0.4 is 16.8 Å². The van der Waals surface area contributed by atoms with Gasteiger partial charge in [0.05, 0.1) is 21.3 Å². The summed E-state index contributed by atoms with van der Waals surface area (Å²) in [6.45, 7) is 6.09. The SMILES string of the molecule is C/C=C(\N)c1c(SC)nc(NC(C)CC)nc1-c1ccc(Cl)c(Cl)c1.NC=O. The molecule has 1 aromatic carbocycles. The number of hydrogen-bond donors (Lipinski definition) is 3. The molecular weight excluding hydrogens is 417 g/mol. The van der Waals surface area contributed by atoms with E-state index in [-0.39, 0.29) is 12.5 Å². The Morgan fingerprint density at radius 3 is 2.46 bits per heavy atom. The molecule has 9 heteroatoms. The lowest BCUT2D eigenvalue weighted by Gasteiger charge is -2.17. The number of amides is 1. The summed E-state index contributed by atoms with van der Waals surface area (Å²) in [4.78, 5) is 17.9. The van der Waals surface area contributed by atoms with Crippen LogP contribution in [-0.4, -0.2) is 28.7 Å². The second-order valence-electron chi connectivity index (χ2n) is 5.74. The number of nitrogens with one attached hydrogen (secondary N) is 1. The largest absolute Gasteiger partial charge is 0.398 e. The van der Waals surface area contributed by atoms with Crippen molar-refractivity contribution in [1.82, 2.24) is 9.97 Å². The predicted octanol–water partition coefficient (Wildman–Crippen LogP) is 4.80. The number of aromatic nitrogens is 2. The molecule has 0 fully saturated rings. The van der Waals surface area contributed by atoms with Gasteiger partial charge in [0.1, 0.15) is 5.03 Å². The van der Waals surface area contributed by atoms with Crippen LogP contribution in [0.2, 0.25) is 10.0 Å². The minimum atomic E-state index is 0.250. The van der Waals surface area contributed by atoms with Gasteiger partial charge in [-0.2, -0.15) is 0 Å². The van der Waals surface area contributed by atoms with Crippen molar-refractivity contribution in [2.45, 2.75) is 38.3 Å². The molecule has 0 saturated carbocycles. The van der Waals surface area contributed by atoms with E-state index in [9.17, 15) is 0 Å². The number of rotatable bonds is 6. The van der Waals surface area contributed by atoms with E-state index in [0.29, 0.717) is 21.7 Å². The summed E-state index contributed by atoms with van der Waals surface area (Å²) in [7, 11) is 0. The van der Waals surface area contributed by atoms with E-state index >= 15 is 0 Å². The third kappa shape index (κ3) is 6.29. The van der Waals surface area contributed by atoms with E-state index in [0.717, 1.165) is 28.3 Å². The first-order valence-electron chi connectivity index (χ1n) is 8.58. The van der Waals surface area contributed by atoms with Gasteiger partial charge in [0.2, 0.25) is 12.4 Å². The highest BCUT2D eigenvalue weighted by atomic mass is 35.5. The van der Waals surface area contributed by atoms with Crippen molar-refractivity contribution in [3.63, 3.8) is 0 Å². The van der Waals surface area contributed by atoms with Crippen molar-refractivity contribution >= 4 is 53.0 Å². The zero-order chi connectivity index (χ0) is 21.3. The van der Waals surface area contributed by atoms with Crippen molar-refractivity contribution in [1.29, 1.82) is 0 Å². The van der Waals surface area contributed by atoms with E-state index in [1.165, 1.54) is 11.8 Å². The van der Waals surface area contributed by atoms with Crippen molar-refractivity contribution < 1.29 is 4.79 Å². The Hall–Kier alpha value is -1.96. The molecule has 1 unspecified atom stereocenters. The lowest BCUT2D eigenvalue weighted by Crippen LogP contribution is -2.17. The molecule has 152 valence electrons. The Balaban J connectivity index is 0.00000122. The fourth-order valence-electron chi connectivity index (χ4n) is 2.23. The predicted molar refractivity (Wildman–Crippen MR) is 121 cm³/mol. The van der Waals surface area contributed by atoms with Gasteiger partial charge in [-0.15, -0.1) is 11.8 Å². The standard InChI is InChI=1S/C18H22Cl2N4S.CH3NO/c1-5-10(3)22-18-23-16(11-7-8-12(19)13(20)9-11)15(14(21)6-2)17(24-18)25-4;2-1-3/h6-10H,5,21H2,1-4H3,(H,22,23,24);1H,(H2,2,3)/b14-6-;. The number of carbonyl (C=O) groups excluding carboxylic acids is 1. The summed E-state index contributed by atoms with van der Waals surface area (Å²) >= 11 is 13.8. The number of carbonyl (C=O) groups is 1. The van der Waals surface area contributed by atoms with Gasteiger partial charge in [0, 0.05) is 17.3 Å². The number of nitrogens with two attached hydrogens (primary N) is 2. The van der Waals surface area contributed by atoms with E-state index in [1.54, 1.807) is 12.1 Å². The lowest BCUT2D eigenvalue weighted by molar-refractivity contribution is -0.106. The van der Waals surface area contributed by atoms with Crippen LogP contribution in [0.15, 0.2) is 29.3 Å². The highest BCUT2D eigenvalue weighted by Gasteiger charge is 2.18. The quantitative estimate of drug-likeness (QED) is 0.337. The number of thioether (sulfide) groups is 1. The molecule has 0 spiro atoms. The average molecular weight is 442 g/mol. The Bertz CT molecular complexity index is 845. The van der Waals surface area contributed by atoms with Crippen LogP contribution >= 0.6 is 35.0 Å². The van der Waals surface area contributed by atoms with Gasteiger partial charge in [0.25, 0.3) is 0 Å². The summed E-state index contributed by atoms with van der Waals surface area (Å²) in [5, 5.41) is 5.13. The Labute approximate surface area is 180 Å². The molecule has 2 aromatic rings. The minimum absolute atomic E-state index is 0.250. The number of anilines is 1. The number of halogens is 2. The first kappa shape index (κ1) is 24.1. The fraction of sp³-hybridized carbons (Fsp3) is 0.316. The van der Waals surface area contributed by atoms with Crippen LogP contribution in [0.25, 0.3) is 17.0 Å². The van der Waals surface area contributed by atoms with Gasteiger partial charge in [-0.3, -0.25) is 4.79 Å². The molecule has 0 radical (unpaired) electrons. The molecule has 0 bridgehead atoms. The average Bonchev–Trinajstić information content (AvgIpc) is 2.69. The number of benzene rings is 1. The Morgan fingerprint density at radius 2 is 1.96 bits per heavy atom. The van der Waals surface area contributed by atoms with Gasteiger partial charge >= 0.3 is 0 Å². The Morgan fingerprint density at radius 1 is 1.32 bits per heavy atom. The van der Waals surface area contributed by atoms with Crippen LogP contribution in [0.4, 0.5) is 5.95 Å². The topological polar surface area (TPSA) is 107 Å². The summed E-state index contributed by atoms with van der Waals surface area (Å²) in [6.07, 6.45) is 5.04. The molecule has 1 amide bonds. The zero-order valence-electron chi connectivity index (χ0n) is 16.3. The van der Waals surface area contributed by atoms with Crippen molar-refractivity contribution in [3.8, 4) is 11.3 Å². The third-order valence-corrected chi connectivity index (χ3v) is 5.27. The molecule has 2 rings (SSSR count). The maximum absolute atomic E-state index is 8.58. The van der Waals surface area contributed by atoms with Crippen molar-refractivity contribution in [3.05, 3.63) is 39.9 Å². The fourth-order valence-corrected chi connectivity index (χ4v) is 3.13. The number of nitrogens with zero attached hydrogens (tertiary/aromatic N) is 2. The summed E-state index contributed by atoms with van der Waals surface area (Å²) < 4.78 is 0. The maximum atomic E-state index is 8.58. The molecule has 28 heavy (non-hydrogen) atoms. The zero-order valence-corrected chi connectivity index (χ0v) is 18.6. The Kier molecular flexibility index (Phi) is 10.1. The van der Waals surface area contributed by atoms with Gasteiger partial charge < -0.3 is 16.8 Å². The van der Waals surface area contributed by atoms with Crippen LogP contribution in [0, 0.1) is 0 Å². The van der Waals surface area contributed by atoms with Gasteiger partial charge in [-0.25, -0.2) is 9.97 Å². The first-order chi connectivity index (χ1) is 13.3. The molecule has 0 aliphatic rings. The first-order valence-corrected chi connectivity index (χ1v) is 10.6. The second-order valence-corrected chi connectivity index (χ2v) is 7.35. The van der Waals surface area contributed by atoms with E-state index in [4.69, 9.17) is 38.7 Å². The molecule has 1 atom stereocenters. The van der Waals surface area contributed by atoms with Gasteiger partial charge in [-0.05, 0) is 38.7 Å². The number of allylic oxidation sites excluding steroid dienone is 1. The number of hydrogen-bond acceptors (Lipinski definition) is 6. The van der Waals surface area contributed by atoms with Crippen LogP contribution in [0.1, 0.15) is 32.8 Å². The van der Waals surface area contributed by atoms with Crippen LogP contribution in [0.3, 0.4) is 0 Å². The van der Waals surface area contributed by atoms with E-state index in [1.807, 2.05) is 25.3 Å². The smallest absolute Gasteiger partial charge is 0.224 e. The normalized spacial score (nSPS) is 12.0. The van der Waals surface area contributed by atoms with Crippen molar-refractivity contribution in [2.75, 3.05) is 11.6 Å². The summed E-state index contributed by atoms with van der Waals surface area (Å²) in [5.41, 5.74) is 13.4. The monoisotopic (exact) mass is 441 g/mol. The molecule has 0 aliphatic carbocycles. The third-order valence-electron chi connectivity index (χ3n) is 3.85. The molecule has 1 heterocycles. The van der Waals surface area contributed by atoms with E-state index in [2.05, 4.69) is 29.9 Å². The maximum Gasteiger partial charge on any atom is 0.224 e. The highest BCUT2D eigenvalue weighted by Crippen LogP contribution is 2.35. The van der Waals surface area contributed by atoms with Crippen molar-refractivity contribution in [2.24, 2.45) is 11.5 Å². The highest BCUT2D eigenvalue weighted by molar-refractivity contribution is 7.98. The van der Waals surface area contributed by atoms with Gasteiger partial charge in [0.15, 0.2) is 0 Å². The van der Waals surface area contributed by atoms with E-state index < -0.39 is 0 Å². The number of primary amides is 1. The summed E-state index contributed by atoms with van der Waals surface area (Å²) in [5.74, 6) is 0.576.